The van der Waals surface area contributed by atoms with Gasteiger partial charge in [0.25, 0.3) is 0 Å². The van der Waals surface area contributed by atoms with E-state index in [9.17, 15) is 9.59 Å². The third-order valence-corrected chi connectivity index (χ3v) is 2.36. The summed E-state index contributed by atoms with van der Waals surface area (Å²) in [5, 5.41) is 11.4. The second-order valence-corrected chi connectivity index (χ2v) is 3.90. The van der Waals surface area contributed by atoms with Gasteiger partial charge in [0, 0.05) is 27.3 Å². The molecule has 0 aliphatic heterocycles. The number of carbonyl (C=O) groups excluding carboxylic acids is 1. The van der Waals surface area contributed by atoms with E-state index < -0.39 is 12.0 Å². The average molecular weight is 246 g/mol. The minimum Gasteiger partial charge on any atom is -0.480 e. The smallest absolute Gasteiger partial charge is 0.326 e. The van der Waals surface area contributed by atoms with Crippen molar-refractivity contribution in [2.75, 3.05) is 27.3 Å². The highest BCUT2D eigenvalue weighted by molar-refractivity contribution is 5.82. The molecule has 0 unspecified atom stereocenters. The molecule has 0 heterocycles. The van der Waals surface area contributed by atoms with Crippen LogP contribution >= 0.6 is 0 Å². The van der Waals surface area contributed by atoms with Crippen molar-refractivity contribution >= 4 is 12.0 Å². The van der Waals surface area contributed by atoms with Gasteiger partial charge in [-0.2, -0.15) is 0 Å². The first-order chi connectivity index (χ1) is 8.02. The quantitative estimate of drug-likeness (QED) is 0.624. The van der Waals surface area contributed by atoms with Crippen LogP contribution in [0.3, 0.4) is 0 Å². The normalized spacial score (nSPS) is 11.9. The van der Waals surface area contributed by atoms with Crippen molar-refractivity contribution in [3.05, 3.63) is 0 Å². The van der Waals surface area contributed by atoms with E-state index in [0.29, 0.717) is 26.0 Å². The van der Waals surface area contributed by atoms with Crippen LogP contribution in [0.15, 0.2) is 0 Å². The molecule has 0 aromatic heterocycles. The number of carboxylic acids is 1. The Kier molecular flexibility index (Phi) is 8.13. The average Bonchev–Trinajstić information content (AvgIpc) is 2.28. The van der Waals surface area contributed by atoms with E-state index in [1.54, 1.807) is 14.2 Å². The van der Waals surface area contributed by atoms with Crippen LogP contribution in [0.25, 0.3) is 0 Å². The molecule has 0 rings (SSSR count). The first kappa shape index (κ1) is 15.7. The van der Waals surface area contributed by atoms with Crippen LogP contribution in [0.1, 0.15) is 26.2 Å². The van der Waals surface area contributed by atoms with Crippen molar-refractivity contribution in [3.8, 4) is 0 Å². The summed E-state index contributed by atoms with van der Waals surface area (Å²) in [5.74, 6) is -0.995. The summed E-state index contributed by atoms with van der Waals surface area (Å²) in [4.78, 5) is 24.0. The summed E-state index contributed by atoms with van der Waals surface area (Å²) >= 11 is 0. The first-order valence-electron chi connectivity index (χ1n) is 5.76. The molecule has 1 atom stereocenters. The van der Waals surface area contributed by atoms with Gasteiger partial charge in [-0.15, -0.1) is 0 Å². The Morgan fingerprint density at radius 3 is 2.59 bits per heavy atom. The molecule has 0 bridgehead atoms. The van der Waals surface area contributed by atoms with E-state index >= 15 is 0 Å². The number of hydrogen-bond donors (Lipinski definition) is 2. The van der Waals surface area contributed by atoms with Crippen molar-refractivity contribution in [1.82, 2.24) is 10.2 Å². The summed E-state index contributed by atoms with van der Waals surface area (Å²) in [6.07, 6.45) is 1.88. The lowest BCUT2D eigenvalue weighted by Gasteiger charge is -2.21. The maximum Gasteiger partial charge on any atom is 0.326 e. The lowest BCUT2D eigenvalue weighted by Crippen LogP contribution is -2.46. The van der Waals surface area contributed by atoms with Crippen LogP contribution in [0.5, 0.6) is 0 Å². The van der Waals surface area contributed by atoms with Crippen molar-refractivity contribution < 1.29 is 19.4 Å². The number of nitrogens with zero attached hydrogens (tertiary/aromatic N) is 1. The Labute approximate surface area is 102 Å². The number of carbonyl (C=O) groups is 2. The van der Waals surface area contributed by atoms with Crippen LogP contribution in [0.2, 0.25) is 0 Å². The number of methoxy groups -OCH3 is 1. The summed E-state index contributed by atoms with van der Waals surface area (Å²) < 4.78 is 4.88. The summed E-state index contributed by atoms with van der Waals surface area (Å²) in [7, 11) is 3.23. The molecule has 0 aromatic carbocycles. The number of hydrogen-bond acceptors (Lipinski definition) is 3. The Bertz CT molecular complexity index is 246. The van der Waals surface area contributed by atoms with Gasteiger partial charge in [-0.3, -0.25) is 0 Å². The van der Waals surface area contributed by atoms with Gasteiger partial charge in [0.15, 0.2) is 0 Å². The number of aliphatic carboxylic acids is 1. The molecule has 0 saturated heterocycles. The topological polar surface area (TPSA) is 78.9 Å². The van der Waals surface area contributed by atoms with Gasteiger partial charge in [0.1, 0.15) is 6.04 Å². The number of nitrogens with one attached hydrogen (secondary N) is 1. The zero-order chi connectivity index (χ0) is 13.3. The van der Waals surface area contributed by atoms with Crippen LogP contribution in [0.4, 0.5) is 4.79 Å². The third kappa shape index (κ3) is 6.78. The summed E-state index contributed by atoms with van der Waals surface area (Å²) in [6.45, 7) is 3.00. The van der Waals surface area contributed by atoms with E-state index in [4.69, 9.17) is 9.84 Å². The maximum absolute atomic E-state index is 11.6. The molecule has 0 aromatic rings. The maximum atomic E-state index is 11.6. The lowest BCUT2D eigenvalue weighted by molar-refractivity contribution is -0.139. The number of urea groups is 1. The highest BCUT2D eigenvalue weighted by Crippen LogP contribution is 1.98. The summed E-state index contributed by atoms with van der Waals surface area (Å²) in [5.41, 5.74) is 0. The Balaban J connectivity index is 4.06. The van der Waals surface area contributed by atoms with Crippen LogP contribution < -0.4 is 5.32 Å². The largest absolute Gasteiger partial charge is 0.480 e. The van der Waals surface area contributed by atoms with Crippen LogP contribution in [0, 0.1) is 0 Å². The highest BCUT2D eigenvalue weighted by Gasteiger charge is 2.20. The van der Waals surface area contributed by atoms with E-state index in [2.05, 4.69) is 5.32 Å². The minimum atomic E-state index is -0.995. The predicted octanol–water partition coefficient (Wildman–Crippen LogP) is 0.918. The molecule has 100 valence electrons. The number of rotatable bonds is 8. The van der Waals surface area contributed by atoms with E-state index in [0.717, 1.165) is 6.42 Å². The molecule has 2 amide bonds. The van der Waals surface area contributed by atoms with Crippen LogP contribution in [-0.4, -0.2) is 55.4 Å². The van der Waals surface area contributed by atoms with Crippen molar-refractivity contribution in [3.63, 3.8) is 0 Å². The van der Waals surface area contributed by atoms with E-state index in [1.807, 2.05) is 6.92 Å². The van der Waals surface area contributed by atoms with Crippen LogP contribution in [-0.2, 0) is 9.53 Å². The van der Waals surface area contributed by atoms with E-state index in [1.165, 1.54) is 4.90 Å². The number of carboxylic acid groups (broad SMARTS) is 1. The van der Waals surface area contributed by atoms with Gasteiger partial charge in [0.2, 0.25) is 0 Å². The summed E-state index contributed by atoms with van der Waals surface area (Å²) in [6, 6.07) is -1.17. The van der Waals surface area contributed by atoms with Gasteiger partial charge < -0.3 is 20.1 Å². The van der Waals surface area contributed by atoms with Gasteiger partial charge in [0.05, 0.1) is 0 Å². The zero-order valence-corrected chi connectivity index (χ0v) is 10.7. The molecule has 17 heavy (non-hydrogen) atoms. The molecular formula is C11H22N2O4. The molecule has 6 heteroatoms. The molecule has 0 fully saturated rings. The third-order valence-electron chi connectivity index (χ3n) is 2.36. The monoisotopic (exact) mass is 246 g/mol. The second kappa shape index (κ2) is 8.81. The van der Waals surface area contributed by atoms with Gasteiger partial charge in [-0.05, 0) is 12.8 Å². The number of ether oxygens (including phenoxy) is 1. The fourth-order valence-electron chi connectivity index (χ4n) is 1.35. The number of amides is 2. The lowest BCUT2D eigenvalue weighted by atomic mass is 10.2. The van der Waals surface area contributed by atoms with Gasteiger partial charge in [-0.25, -0.2) is 9.59 Å². The Morgan fingerprint density at radius 1 is 1.47 bits per heavy atom. The molecule has 0 aliphatic rings. The highest BCUT2D eigenvalue weighted by atomic mass is 16.5. The van der Waals surface area contributed by atoms with Gasteiger partial charge in [-0.1, -0.05) is 13.3 Å². The van der Waals surface area contributed by atoms with Crippen molar-refractivity contribution in [1.29, 1.82) is 0 Å². The Morgan fingerprint density at radius 2 is 2.12 bits per heavy atom. The molecule has 0 aliphatic carbocycles. The molecule has 2 N–H and O–H groups in total. The van der Waals surface area contributed by atoms with E-state index in [-0.39, 0.29) is 6.03 Å². The SMILES string of the molecule is CCC[C@H](NC(=O)N(C)CCCOC)C(=O)O. The van der Waals surface area contributed by atoms with Crippen molar-refractivity contribution in [2.24, 2.45) is 0 Å². The standard InChI is InChI=1S/C11H22N2O4/c1-4-6-9(10(14)15)12-11(16)13(2)7-5-8-17-3/h9H,4-8H2,1-3H3,(H,12,16)(H,14,15)/t9-/m0/s1. The first-order valence-corrected chi connectivity index (χ1v) is 5.76. The molecule has 0 spiro atoms. The minimum absolute atomic E-state index is 0.359. The fourth-order valence-corrected chi connectivity index (χ4v) is 1.35. The second-order valence-electron chi connectivity index (χ2n) is 3.90. The fraction of sp³-hybridized carbons (Fsp3) is 0.818. The molecule has 6 nitrogen and oxygen atoms in total. The Hall–Kier alpha value is -1.30. The molecule has 0 saturated carbocycles. The van der Waals surface area contributed by atoms with Crippen molar-refractivity contribution in [2.45, 2.75) is 32.2 Å². The zero-order valence-electron chi connectivity index (χ0n) is 10.7. The molecular weight excluding hydrogens is 224 g/mol. The predicted molar refractivity (Wildman–Crippen MR) is 64.0 cm³/mol. The van der Waals surface area contributed by atoms with Gasteiger partial charge >= 0.3 is 12.0 Å². The molecule has 0 radical (unpaired) electrons.